The Kier molecular flexibility index (Phi) is 3.51. The fourth-order valence-corrected chi connectivity index (χ4v) is 1.36. The van der Waals surface area contributed by atoms with Gasteiger partial charge in [0, 0.05) is 18.2 Å². The van der Waals surface area contributed by atoms with E-state index in [0.717, 1.165) is 17.7 Å². The maximum absolute atomic E-state index is 10.9. The number of hydrogen-bond donors (Lipinski definition) is 2. The van der Waals surface area contributed by atoms with Crippen LogP contribution < -0.4 is 5.32 Å². The lowest BCUT2D eigenvalue weighted by molar-refractivity contribution is -0.116. The fourth-order valence-electron chi connectivity index (χ4n) is 1.36. The van der Waals surface area contributed by atoms with E-state index in [1.807, 2.05) is 19.9 Å². The van der Waals surface area contributed by atoms with Crippen LogP contribution in [-0.4, -0.2) is 11.0 Å². The van der Waals surface area contributed by atoms with Crippen molar-refractivity contribution < 1.29 is 9.90 Å². The third-order valence-corrected chi connectivity index (χ3v) is 1.99. The predicted molar refractivity (Wildman–Crippen MR) is 56.4 cm³/mol. The molecule has 1 aromatic carbocycles. The Labute approximate surface area is 83.8 Å². The average Bonchev–Trinajstić information content (AvgIpc) is 2.20. The van der Waals surface area contributed by atoms with Gasteiger partial charge >= 0.3 is 0 Å². The number of phenolic OH excluding ortho intramolecular Hbond substituents is 1. The molecule has 0 bridgehead atoms. The molecule has 0 saturated carbocycles. The minimum atomic E-state index is 0.0214. The zero-order valence-electron chi connectivity index (χ0n) is 8.50. The molecule has 76 valence electrons. The largest absolute Gasteiger partial charge is 0.508 e. The van der Waals surface area contributed by atoms with Gasteiger partial charge in [0.1, 0.15) is 5.75 Å². The van der Waals surface area contributed by atoms with Crippen LogP contribution in [0, 0.1) is 0 Å². The molecule has 0 saturated heterocycles. The Bertz CT molecular complexity index is 334. The summed E-state index contributed by atoms with van der Waals surface area (Å²) in [4.78, 5) is 10.9. The number of fused-ring (bicyclic) bond motifs is 1. The summed E-state index contributed by atoms with van der Waals surface area (Å²) in [5.41, 5.74) is 1.83. The maximum atomic E-state index is 10.9. The average molecular weight is 193 g/mol. The first kappa shape index (κ1) is 10.6. The Hall–Kier alpha value is -1.51. The van der Waals surface area contributed by atoms with Gasteiger partial charge < -0.3 is 10.4 Å². The molecular weight excluding hydrogens is 178 g/mol. The molecule has 1 aromatic rings. The number of aromatic hydroxyl groups is 1. The Morgan fingerprint density at radius 1 is 1.29 bits per heavy atom. The SMILES string of the molecule is CC.O=C1CCc2ccc(O)cc2N1. The van der Waals surface area contributed by atoms with Gasteiger partial charge in [0.15, 0.2) is 0 Å². The quantitative estimate of drug-likeness (QED) is 0.664. The standard InChI is InChI=1S/C9H9NO2.C2H6/c11-7-3-1-6-2-4-9(12)10-8(6)5-7;1-2/h1,3,5,11H,2,4H2,(H,10,12);1-2H3. The smallest absolute Gasteiger partial charge is 0.224 e. The van der Waals surface area contributed by atoms with Crippen molar-refractivity contribution in [3.05, 3.63) is 23.8 Å². The van der Waals surface area contributed by atoms with E-state index >= 15 is 0 Å². The van der Waals surface area contributed by atoms with Gasteiger partial charge in [-0.25, -0.2) is 0 Å². The van der Waals surface area contributed by atoms with Gasteiger partial charge in [0.25, 0.3) is 0 Å². The third-order valence-electron chi connectivity index (χ3n) is 1.99. The van der Waals surface area contributed by atoms with E-state index in [1.54, 1.807) is 12.1 Å². The molecule has 1 aliphatic rings. The number of nitrogens with one attached hydrogen (secondary N) is 1. The van der Waals surface area contributed by atoms with E-state index in [9.17, 15) is 4.79 Å². The van der Waals surface area contributed by atoms with Crippen LogP contribution in [-0.2, 0) is 11.2 Å². The molecular formula is C11H15NO2. The molecule has 1 amide bonds. The minimum Gasteiger partial charge on any atom is -0.508 e. The fraction of sp³-hybridized carbons (Fsp3) is 0.364. The minimum absolute atomic E-state index is 0.0214. The normalized spacial score (nSPS) is 13.4. The molecule has 0 fully saturated rings. The number of carbonyl (C=O) groups excluding carboxylic acids is 1. The second-order valence-electron chi connectivity index (χ2n) is 2.89. The monoisotopic (exact) mass is 193 g/mol. The Morgan fingerprint density at radius 3 is 2.71 bits per heavy atom. The number of aryl methyl sites for hydroxylation is 1. The van der Waals surface area contributed by atoms with Crippen LogP contribution in [0.3, 0.4) is 0 Å². The highest BCUT2D eigenvalue weighted by molar-refractivity contribution is 5.94. The van der Waals surface area contributed by atoms with Gasteiger partial charge in [-0.05, 0) is 18.1 Å². The molecule has 0 radical (unpaired) electrons. The van der Waals surface area contributed by atoms with Crippen LogP contribution in [0.1, 0.15) is 25.8 Å². The van der Waals surface area contributed by atoms with Crippen molar-refractivity contribution in [2.75, 3.05) is 5.32 Å². The second-order valence-corrected chi connectivity index (χ2v) is 2.89. The van der Waals surface area contributed by atoms with Crippen LogP contribution in [0.15, 0.2) is 18.2 Å². The van der Waals surface area contributed by atoms with Crippen molar-refractivity contribution in [1.82, 2.24) is 0 Å². The van der Waals surface area contributed by atoms with Gasteiger partial charge in [-0.1, -0.05) is 19.9 Å². The lowest BCUT2D eigenvalue weighted by Gasteiger charge is -2.16. The summed E-state index contributed by atoms with van der Waals surface area (Å²) < 4.78 is 0. The second kappa shape index (κ2) is 4.65. The lowest BCUT2D eigenvalue weighted by Crippen LogP contribution is -2.18. The topological polar surface area (TPSA) is 49.3 Å². The summed E-state index contributed by atoms with van der Waals surface area (Å²) in [6.07, 6.45) is 1.30. The number of hydrogen-bond acceptors (Lipinski definition) is 2. The van der Waals surface area contributed by atoms with Crippen LogP contribution >= 0.6 is 0 Å². The highest BCUT2D eigenvalue weighted by Crippen LogP contribution is 2.25. The van der Waals surface area contributed by atoms with Crippen molar-refractivity contribution in [3.8, 4) is 5.75 Å². The zero-order valence-corrected chi connectivity index (χ0v) is 8.50. The van der Waals surface area contributed by atoms with E-state index in [4.69, 9.17) is 5.11 Å². The van der Waals surface area contributed by atoms with Gasteiger partial charge in [-0.2, -0.15) is 0 Å². The van der Waals surface area contributed by atoms with E-state index in [2.05, 4.69) is 5.32 Å². The number of anilines is 1. The predicted octanol–water partition coefficient (Wildman–Crippen LogP) is 2.30. The third kappa shape index (κ3) is 2.25. The van der Waals surface area contributed by atoms with Gasteiger partial charge in [0.05, 0.1) is 0 Å². The Balaban J connectivity index is 0.000000461. The van der Waals surface area contributed by atoms with E-state index < -0.39 is 0 Å². The molecule has 1 aliphatic heterocycles. The summed E-state index contributed by atoms with van der Waals surface area (Å²) in [6, 6.07) is 5.05. The number of benzene rings is 1. The molecule has 14 heavy (non-hydrogen) atoms. The molecule has 0 aromatic heterocycles. The summed E-state index contributed by atoms with van der Waals surface area (Å²) in [6.45, 7) is 4.00. The van der Waals surface area contributed by atoms with E-state index in [0.29, 0.717) is 6.42 Å². The van der Waals surface area contributed by atoms with E-state index in [-0.39, 0.29) is 11.7 Å². The molecule has 3 heteroatoms. The molecule has 0 aliphatic carbocycles. The van der Waals surface area contributed by atoms with Crippen LogP contribution in [0.5, 0.6) is 5.75 Å². The number of carbonyl (C=O) groups is 1. The van der Waals surface area contributed by atoms with Crippen LogP contribution in [0.4, 0.5) is 5.69 Å². The summed E-state index contributed by atoms with van der Waals surface area (Å²) >= 11 is 0. The molecule has 0 unspecified atom stereocenters. The highest BCUT2D eigenvalue weighted by atomic mass is 16.3. The van der Waals surface area contributed by atoms with Gasteiger partial charge in [-0.3, -0.25) is 4.79 Å². The first-order valence-electron chi connectivity index (χ1n) is 4.87. The number of phenols is 1. The summed E-state index contributed by atoms with van der Waals surface area (Å²) in [5, 5.41) is 11.8. The number of rotatable bonds is 0. The lowest BCUT2D eigenvalue weighted by atomic mass is 10.0. The van der Waals surface area contributed by atoms with Crippen LogP contribution in [0.2, 0.25) is 0 Å². The van der Waals surface area contributed by atoms with Crippen molar-refractivity contribution >= 4 is 11.6 Å². The summed E-state index contributed by atoms with van der Waals surface area (Å²) in [5.74, 6) is 0.212. The van der Waals surface area contributed by atoms with Crippen molar-refractivity contribution in [2.24, 2.45) is 0 Å². The maximum Gasteiger partial charge on any atom is 0.224 e. The van der Waals surface area contributed by atoms with Crippen molar-refractivity contribution in [2.45, 2.75) is 26.7 Å². The summed E-state index contributed by atoms with van der Waals surface area (Å²) in [7, 11) is 0. The highest BCUT2D eigenvalue weighted by Gasteiger charge is 2.14. The van der Waals surface area contributed by atoms with Crippen LogP contribution in [0.25, 0.3) is 0 Å². The molecule has 3 nitrogen and oxygen atoms in total. The van der Waals surface area contributed by atoms with Gasteiger partial charge in [-0.15, -0.1) is 0 Å². The first-order chi connectivity index (χ1) is 6.75. The molecule has 0 spiro atoms. The van der Waals surface area contributed by atoms with Crippen molar-refractivity contribution in [1.29, 1.82) is 0 Å². The molecule has 2 N–H and O–H groups in total. The molecule has 0 atom stereocenters. The Morgan fingerprint density at radius 2 is 2.00 bits per heavy atom. The molecule has 2 rings (SSSR count). The number of amides is 1. The zero-order chi connectivity index (χ0) is 10.6. The molecule has 1 heterocycles. The van der Waals surface area contributed by atoms with Gasteiger partial charge in [0.2, 0.25) is 5.91 Å². The van der Waals surface area contributed by atoms with Crippen molar-refractivity contribution in [3.63, 3.8) is 0 Å². The first-order valence-corrected chi connectivity index (χ1v) is 4.87. The van der Waals surface area contributed by atoms with E-state index in [1.165, 1.54) is 0 Å².